The highest BCUT2D eigenvalue weighted by atomic mass is 32.2. The number of urea groups is 1. The minimum Gasteiger partial charge on any atom is -0.349 e. The van der Waals surface area contributed by atoms with Crippen LogP contribution in [0, 0.1) is 0 Å². The van der Waals surface area contributed by atoms with E-state index in [1.165, 1.54) is 0 Å². The molecule has 0 aromatic heterocycles. The number of benzene rings is 1. The number of nitrogens with zero attached hydrogens (tertiary/aromatic N) is 1. The lowest BCUT2D eigenvalue weighted by Gasteiger charge is -2.32. The molecule has 0 radical (unpaired) electrons. The quantitative estimate of drug-likeness (QED) is 0.598. The molecular formula is C17H26N4O4S. The first-order chi connectivity index (χ1) is 12.3. The Bertz CT molecular complexity index is 701. The van der Waals surface area contributed by atoms with Gasteiger partial charge in [-0.2, -0.15) is 0 Å². The molecule has 0 unspecified atom stereocenters. The molecule has 0 spiro atoms. The first-order valence-corrected chi connectivity index (χ1v) is 10.6. The zero-order valence-corrected chi connectivity index (χ0v) is 15.7. The second kappa shape index (κ2) is 9.54. The number of piperidine rings is 1. The normalized spacial score (nSPS) is 15.5. The Kier molecular flexibility index (Phi) is 7.40. The van der Waals surface area contributed by atoms with Gasteiger partial charge in [0.1, 0.15) is 0 Å². The van der Waals surface area contributed by atoms with E-state index in [-0.39, 0.29) is 18.0 Å². The number of rotatable bonds is 7. The Labute approximate surface area is 154 Å². The fourth-order valence-electron chi connectivity index (χ4n) is 2.74. The average molecular weight is 382 g/mol. The second-order valence-electron chi connectivity index (χ2n) is 6.35. The SMILES string of the molecule is CS(=O)(=O)NCCCNC(=O)N1CCC(NC(=O)c2ccccc2)CC1. The molecule has 0 atom stereocenters. The molecule has 1 aliphatic heterocycles. The van der Waals surface area contributed by atoms with Crippen LogP contribution in [0.5, 0.6) is 0 Å². The molecule has 144 valence electrons. The van der Waals surface area contributed by atoms with Crippen LogP contribution in [0.2, 0.25) is 0 Å². The molecule has 9 heteroatoms. The van der Waals surface area contributed by atoms with Gasteiger partial charge in [0.25, 0.3) is 5.91 Å². The summed E-state index contributed by atoms with van der Waals surface area (Å²) in [5.74, 6) is -0.0909. The summed E-state index contributed by atoms with van der Waals surface area (Å²) in [5.41, 5.74) is 0.635. The summed E-state index contributed by atoms with van der Waals surface area (Å²) in [5, 5.41) is 5.79. The smallest absolute Gasteiger partial charge is 0.317 e. The fraction of sp³-hybridized carbons (Fsp3) is 0.529. The van der Waals surface area contributed by atoms with Crippen LogP contribution in [-0.2, 0) is 10.0 Å². The van der Waals surface area contributed by atoms with Crippen LogP contribution in [0.15, 0.2) is 30.3 Å². The van der Waals surface area contributed by atoms with Gasteiger partial charge in [0.2, 0.25) is 10.0 Å². The van der Waals surface area contributed by atoms with E-state index in [0.29, 0.717) is 51.0 Å². The summed E-state index contributed by atoms with van der Waals surface area (Å²) in [6.45, 7) is 1.86. The molecule has 0 bridgehead atoms. The van der Waals surface area contributed by atoms with E-state index in [1.54, 1.807) is 17.0 Å². The van der Waals surface area contributed by atoms with Crippen LogP contribution >= 0.6 is 0 Å². The van der Waals surface area contributed by atoms with Crippen LogP contribution in [-0.4, -0.2) is 63.7 Å². The maximum absolute atomic E-state index is 12.1. The molecule has 3 N–H and O–H groups in total. The molecule has 1 fully saturated rings. The van der Waals surface area contributed by atoms with Gasteiger partial charge < -0.3 is 15.5 Å². The third kappa shape index (κ3) is 7.01. The number of sulfonamides is 1. The summed E-state index contributed by atoms with van der Waals surface area (Å²) in [6, 6.07) is 8.97. The number of hydrogen-bond acceptors (Lipinski definition) is 4. The predicted molar refractivity (Wildman–Crippen MR) is 99.4 cm³/mol. The molecule has 1 aromatic rings. The zero-order chi connectivity index (χ0) is 19.0. The topological polar surface area (TPSA) is 108 Å². The van der Waals surface area contributed by atoms with Gasteiger partial charge >= 0.3 is 6.03 Å². The van der Waals surface area contributed by atoms with E-state index in [9.17, 15) is 18.0 Å². The van der Waals surface area contributed by atoms with Crippen LogP contribution in [0.1, 0.15) is 29.6 Å². The Morgan fingerprint density at radius 1 is 1.12 bits per heavy atom. The molecule has 0 saturated carbocycles. The molecule has 1 aliphatic rings. The maximum atomic E-state index is 12.1. The minimum atomic E-state index is -3.19. The van der Waals surface area contributed by atoms with Crippen molar-refractivity contribution in [1.29, 1.82) is 0 Å². The van der Waals surface area contributed by atoms with Crippen molar-refractivity contribution in [3.63, 3.8) is 0 Å². The molecule has 2 rings (SSSR count). The molecule has 3 amide bonds. The third-order valence-corrected chi connectivity index (χ3v) is 4.88. The molecule has 1 saturated heterocycles. The van der Waals surface area contributed by atoms with Crippen molar-refractivity contribution in [2.24, 2.45) is 0 Å². The third-order valence-electron chi connectivity index (χ3n) is 4.15. The lowest BCUT2D eigenvalue weighted by Crippen LogP contribution is -2.49. The van der Waals surface area contributed by atoms with E-state index in [0.717, 1.165) is 6.26 Å². The van der Waals surface area contributed by atoms with Crippen molar-refractivity contribution in [1.82, 2.24) is 20.3 Å². The van der Waals surface area contributed by atoms with Crippen molar-refractivity contribution in [3.05, 3.63) is 35.9 Å². The number of amides is 3. The largest absolute Gasteiger partial charge is 0.349 e. The summed E-state index contributed by atoms with van der Waals surface area (Å²) in [4.78, 5) is 26.0. The van der Waals surface area contributed by atoms with Crippen molar-refractivity contribution in [3.8, 4) is 0 Å². The highest BCUT2D eigenvalue weighted by molar-refractivity contribution is 7.88. The Morgan fingerprint density at radius 2 is 1.77 bits per heavy atom. The first kappa shape index (κ1) is 20.2. The lowest BCUT2D eigenvalue weighted by atomic mass is 10.0. The van der Waals surface area contributed by atoms with E-state index in [4.69, 9.17) is 0 Å². The fourth-order valence-corrected chi connectivity index (χ4v) is 3.25. The molecule has 26 heavy (non-hydrogen) atoms. The number of likely N-dealkylation sites (tertiary alicyclic amines) is 1. The van der Waals surface area contributed by atoms with Crippen molar-refractivity contribution < 1.29 is 18.0 Å². The van der Waals surface area contributed by atoms with Gasteiger partial charge in [-0.05, 0) is 31.4 Å². The standard InChI is InChI=1S/C17H26N4O4S/c1-26(24,25)19-11-5-10-18-17(23)21-12-8-15(9-13-21)20-16(22)14-6-3-2-4-7-14/h2-4,6-7,15,19H,5,8-13H2,1H3,(H,18,23)(H,20,22). The summed E-state index contributed by atoms with van der Waals surface area (Å²) in [7, 11) is -3.19. The van der Waals surface area contributed by atoms with Crippen LogP contribution in [0.4, 0.5) is 4.79 Å². The van der Waals surface area contributed by atoms with E-state index in [2.05, 4.69) is 15.4 Å². The van der Waals surface area contributed by atoms with E-state index < -0.39 is 10.0 Å². The van der Waals surface area contributed by atoms with Crippen LogP contribution in [0.3, 0.4) is 0 Å². The second-order valence-corrected chi connectivity index (χ2v) is 8.19. The molecule has 8 nitrogen and oxygen atoms in total. The highest BCUT2D eigenvalue weighted by Gasteiger charge is 2.23. The Hall–Kier alpha value is -2.13. The van der Waals surface area contributed by atoms with Crippen molar-refractivity contribution in [2.45, 2.75) is 25.3 Å². The summed E-state index contributed by atoms with van der Waals surface area (Å²) >= 11 is 0. The molecular weight excluding hydrogens is 356 g/mol. The van der Waals surface area contributed by atoms with Crippen molar-refractivity contribution >= 4 is 22.0 Å². The lowest BCUT2D eigenvalue weighted by molar-refractivity contribution is 0.0918. The maximum Gasteiger partial charge on any atom is 0.317 e. The van der Waals surface area contributed by atoms with Gasteiger partial charge in [-0.25, -0.2) is 17.9 Å². The number of carbonyl (C=O) groups is 2. The van der Waals surface area contributed by atoms with Gasteiger partial charge in [0, 0.05) is 37.8 Å². The predicted octanol–water partition coefficient (Wildman–Crippen LogP) is 0.530. The zero-order valence-electron chi connectivity index (χ0n) is 14.9. The van der Waals surface area contributed by atoms with Gasteiger partial charge in [-0.3, -0.25) is 4.79 Å². The minimum absolute atomic E-state index is 0.0608. The van der Waals surface area contributed by atoms with E-state index >= 15 is 0 Å². The van der Waals surface area contributed by atoms with E-state index in [1.807, 2.05) is 18.2 Å². The number of nitrogens with one attached hydrogen (secondary N) is 3. The van der Waals surface area contributed by atoms with Gasteiger partial charge in [0.05, 0.1) is 6.26 Å². The Balaban J connectivity index is 1.64. The molecule has 0 aliphatic carbocycles. The van der Waals surface area contributed by atoms with Gasteiger partial charge in [-0.15, -0.1) is 0 Å². The van der Waals surface area contributed by atoms with Gasteiger partial charge in [0.15, 0.2) is 0 Å². The number of carbonyl (C=O) groups excluding carboxylic acids is 2. The van der Waals surface area contributed by atoms with Crippen LogP contribution < -0.4 is 15.4 Å². The summed E-state index contributed by atoms with van der Waals surface area (Å²) < 4.78 is 24.3. The summed E-state index contributed by atoms with van der Waals surface area (Å²) in [6.07, 6.45) is 3.05. The molecule has 1 aromatic carbocycles. The van der Waals surface area contributed by atoms with Gasteiger partial charge in [-0.1, -0.05) is 18.2 Å². The van der Waals surface area contributed by atoms with Crippen molar-refractivity contribution in [2.75, 3.05) is 32.4 Å². The Morgan fingerprint density at radius 3 is 2.38 bits per heavy atom. The average Bonchev–Trinajstić information content (AvgIpc) is 2.61. The highest BCUT2D eigenvalue weighted by Crippen LogP contribution is 2.11. The number of hydrogen-bond donors (Lipinski definition) is 3. The molecule has 1 heterocycles. The monoisotopic (exact) mass is 382 g/mol. The first-order valence-electron chi connectivity index (χ1n) is 8.68. The van der Waals surface area contributed by atoms with Crippen LogP contribution in [0.25, 0.3) is 0 Å².